The lowest BCUT2D eigenvalue weighted by Crippen LogP contribution is -2.40. The topological polar surface area (TPSA) is 53.8 Å². The zero-order chi connectivity index (χ0) is 19.0. The monoisotopic (exact) mass is 373 g/mol. The number of fused-ring (bicyclic) bond motifs is 3. The maximum Gasteiger partial charge on any atom is 0.0568 e. The van der Waals surface area contributed by atoms with Crippen LogP contribution in [0, 0.1) is 0 Å². The zero-order valence-electron chi connectivity index (χ0n) is 16.6. The van der Waals surface area contributed by atoms with Gasteiger partial charge in [0, 0.05) is 16.6 Å². The summed E-state index contributed by atoms with van der Waals surface area (Å²) in [5.41, 5.74) is 13.6. The van der Waals surface area contributed by atoms with E-state index in [1.807, 2.05) is 0 Å². The third-order valence-corrected chi connectivity index (χ3v) is 7.01. The third kappa shape index (κ3) is 3.27. The molecular formula is C25H31N3. The Morgan fingerprint density at radius 1 is 1.00 bits per heavy atom. The summed E-state index contributed by atoms with van der Waals surface area (Å²) in [7, 11) is 0. The number of aromatic amines is 1. The van der Waals surface area contributed by atoms with Crippen LogP contribution in [-0.4, -0.2) is 18.1 Å². The maximum absolute atomic E-state index is 6.99. The molecule has 2 aliphatic rings. The lowest BCUT2D eigenvalue weighted by atomic mass is 9.77. The second-order valence-corrected chi connectivity index (χ2v) is 8.80. The Kier molecular flexibility index (Phi) is 4.73. The lowest BCUT2D eigenvalue weighted by molar-refractivity contribution is 0.339. The van der Waals surface area contributed by atoms with Gasteiger partial charge in [-0.3, -0.25) is 0 Å². The molecular weight excluding hydrogens is 342 g/mol. The van der Waals surface area contributed by atoms with E-state index in [1.165, 1.54) is 52.5 Å². The van der Waals surface area contributed by atoms with E-state index < -0.39 is 0 Å². The van der Waals surface area contributed by atoms with E-state index >= 15 is 0 Å². The number of H-pyrrole nitrogens is 1. The van der Waals surface area contributed by atoms with E-state index in [4.69, 9.17) is 5.73 Å². The number of aromatic nitrogens is 1. The fraction of sp³-hybridized carbons (Fsp3) is 0.440. The molecule has 1 saturated heterocycles. The molecule has 1 aliphatic heterocycles. The van der Waals surface area contributed by atoms with Crippen LogP contribution in [0.15, 0.2) is 48.5 Å². The first kappa shape index (κ1) is 18.0. The second-order valence-electron chi connectivity index (χ2n) is 8.80. The molecule has 3 heteroatoms. The summed E-state index contributed by atoms with van der Waals surface area (Å²) in [4.78, 5) is 3.66. The molecule has 3 nitrogen and oxygen atoms in total. The SMILES string of the molecule is NC1(CCc2ccc(C3CCNCC3)cc2)CCCc2c1[nH]c1ccccc21. The first-order chi connectivity index (χ1) is 13.7. The smallest absolute Gasteiger partial charge is 0.0568 e. The Hall–Kier alpha value is -2.10. The van der Waals surface area contributed by atoms with Gasteiger partial charge >= 0.3 is 0 Å². The number of aryl methyl sites for hydroxylation is 2. The molecule has 1 aromatic heterocycles. The van der Waals surface area contributed by atoms with Crippen molar-refractivity contribution in [2.45, 2.75) is 56.4 Å². The molecule has 2 aromatic carbocycles. The van der Waals surface area contributed by atoms with E-state index in [-0.39, 0.29) is 5.54 Å². The molecule has 1 unspecified atom stereocenters. The minimum Gasteiger partial charge on any atom is -0.357 e. The maximum atomic E-state index is 6.99. The summed E-state index contributed by atoms with van der Waals surface area (Å²) in [6.07, 6.45) is 7.95. The average Bonchev–Trinajstić information content (AvgIpc) is 3.14. The summed E-state index contributed by atoms with van der Waals surface area (Å²) in [5, 5.41) is 4.82. The number of piperidine rings is 1. The Morgan fingerprint density at radius 2 is 1.79 bits per heavy atom. The van der Waals surface area contributed by atoms with E-state index in [2.05, 4.69) is 58.8 Å². The van der Waals surface area contributed by atoms with Gasteiger partial charge in [0.1, 0.15) is 0 Å². The lowest BCUT2D eigenvalue weighted by Gasteiger charge is -2.34. The van der Waals surface area contributed by atoms with Crippen molar-refractivity contribution in [1.82, 2.24) is 10.3 Å². The first-order valence-electron chi connectivity index (χ1n) is 10.9. The predicted molar refractivity (Wildman–Crippen MR) is 117 cm³/mol. The van der Waals surface area contributed by atoms with Crippen molar-refractivity contribution in [2.24, 2.45) is 5.73 Å². The van der Waals surface area contributed by atoms with Gasteiger partial charge < -0.3 is 16.0 Å². The molecule has 0 spiro atoms. The number of para-hydroxylation sites is 1. The van der Waals surface area contributed by atoms with Gasteiger partial charge in [-0.25, -0.2) is 0 Å². The molecule has 2 heterocycles. The minimum atomic E-state index is -0.236. The van der Waals surface area contributed by atoms with E-state index in [1.54, 1.807) is 0 Å². The largest absolute Gasteiger partial charge is 0.357 e. The molecule has 4 N–H and O–H groups in total. The van der Waals surface area contributed by atoms with E-state index in [0.29, 0.717) is 0 Å². The molecule has 1 aliphatic carbocycles. The van der Waals surface area contributed by atoms with Gasteiger partial charge in [-0.1, -0.05) is 42.5 Å². The van der Waals surface area contributed by atoms with Crippen LogP contribution in [0.3, 0.4) is 0 Å². The standard InChI is InChI=1S/C25H31N3/c26-25(14-3-5-22-21-4-1-2-6-23(21)28-24(22)25)15-11-18-7-9-19(10-8-18)20-12-16-27-17-13-20/h1-2,4,6-10,20,27-28H,3,5,11-17,26H2. The van der Waals surface area contributed by atoms with E-state index in [9.17, 15) is 0 Å². The highest BCUT2D eigenvalue weighted by Gasteiger charge is 2.35. The number of rotatable bonds is 4. The van der Waals surface area contributed by atoms with Crippen molar-refractivity contribution in [1.29, 1.82) is 0 Å². The Bertz CT molecular complexity index is 950. The van der Waals surface area contributed by atoms with Crippen molar-refractivity contribution >= 4 is 10.9 Å². The van der Waals surface area contributed by atoms with Gasteiger partial charge in [0.05, 0.1) is 5.54 Å². The van der Waals surface area contributed by atoms with Gasteiger partial charge in [0.25, 0.3) is 0 Å². The molecule has 0 radical (unpaired) electrons. The van der Waals surface area contributed by atoms with Crippen LogP contribution in [0.2, 0.25) is 0 Å². The van der Waals surface area contributed by atoms with Crippen molar-refractivity contribution in [2.75, 3.05) is 13.1 Å². The highest BCUT2D eigenvalue weighted by molar-refractivity contribution is 5.85. The van der Waals surface area contributed by atoms with Gasteiger partial charge in [0.15, 0.2) is 0 Å². The van der Waals surface area contributed by atoms with Crippen LogP contribution in [0.4, 0.5) is 0 Å². The molecule has 0 amide bonds. The molecule has 0 saturated carbocycles. The number of nitrogens with two attached hydrogens (primary N) is 1. The second kappa shape index (κ2) is 7.38. The molecule has 5 rings (SSSR count). The summed E-state index contributed by atoms with van der Waals surface area (Å²) < 4.78 is 0. The van der Waals surface area contributed by atoms with Crippen LogP contribution >= 0.6 is 0 Å². The van der Waals surface area contributed by atoms with Crippen molar-refractivity contribution in [3.05, 3.63) is 70.9 Å². The number of nitrogens with one attached hydrogen (secondary N) is 2. The van der Waals surface area contributed by atoms with Crippen LogP contribution < -0.4 is 11.1 Å². The van der Waals surface area contributed by atoms with Crippen molar-refractivity contribution in [3.8, 4) is 0 Å². The van der Waals surface area contributed by atoms with Gasteiger partial charge in [-0.05, 0) is 86.7 Å². The Labute approximate surface area is 167 Å². The van der Waals surface area contributed by atoms with Crippen LogP contribution in [0.5, 0.6) is 0 Å². The third-order valence-electron chi connectivity index (χ3n) is 7.01. The first-order valence-corrected chi connectivity index (χ1v) is 10.9. The average molecular weight is 374 g/mol. The van der Waals surface area contributed by atoms with E-state index in [0.717, 1.165) is 44.7 Å². The van der Waals surface area contributed by atoms with Crippen molar-refractivity contribution in [3.63, 3.8) is 0 Å². The summed E-state index contributed by atoms with van der Waals surface area (Å²) in [6, 6.07) is 18.0. The van der Waals surface area contributed by atoms with Gasteiger partial charge in [-0.2, -0.15) is 0 Å². The predicted octanol–water partition coefficient (Wildman–Crippen LogP) is 4.76. The highest BCUT2D eigenvalue weighted by atomic mass is 14.9. The number of hydrogen-bond donors (Lipinski definition) is 3. The minimum absolute atomic E-state index is 0.236. The quantitative estimate of drug-likeness (QED) is 0.618. The molecule has 146 valence electrons. The Balaban J connectivity index is 1.33. The Morgan fingerprint density at radius 3 is 2.61 bits per heavy atom. The van der Waals surface area contributed by atoms with Crippen LogP contribution in [0.25, 0.3) is 10.9 Å². The van der Waals surface area contributed by atoms with Gasteiger partial charge in [0.2, 0.25) is 0 Å². The highest BCUT2D eigenvalue weighted by Crippen LogP contribution is 2.39. The summed E-state index contributed by atoms with van der Waals surface area (Å²) >= 11 is 0. The number of hydrogen-bond acceptors (Lipinski definition) is 2. The fourth-order valence-corrected chi connectivity index (χ4v) is 5.32. The zero-order valence-corrected chi connectivity index (χ0v) is 16.6. The van der Waals surface area contributed by atoms with Crippen LogP contribution in [0.1, 0.15) is 60.4 Å². The molecule has 1 atom stereocenters. The summed E-state index contributed by atoms with van der Waals surface area (Å²) in [6.45, 7) is 2.30. The summed E-state index contributed by atoms with van der Waals surface area (Å²) in [5.74, 6) is 0.725. The van der Waals surface area contributed by atoms with Crippen LogP contribution in [-0.2, 0) is 18.4 Å². The van der Waals surface area contributed by atoms with Crippen molar-refractivity contribution < 1.29 is 0 Å². The van der Waals surface area contributed by atoms with Gasteiger partial charge in [-0.15, -0.1) is 0 Å². The molecule has 0 bridgehead atoms. The number of benzene rings is 2. The normalized spacial score (nSPS) is 23.0. The molecule has 1 fully saturated rings. The molecule has 28 heavy (non-hydrogen) atoms. The molecule has 3 aromatic rings. The fourth-order valence-electron chi connectivity index (χ4n) is 5.32.